The molecule has 0 atom stereocenters. The van der Waals surface area contributed by atoms with Gasteiger partial charge >= 0.3 is 0 Å². The number of benzene rings is 1. The van der Waals surface area contributed by atoms with Gasteiger partial charge in [-0.1, -0.05) is 32.0 Å². The van der Waals surface area contributed by atoms with Crippen LogP contribution < -0.4 is 5.32 Å². The number of nitrogens with one attached hydrogen (secondary N) is 1. The number of aryl methyl sites for hydroxylation is 2. The average molecular weight is 249 g/mol. The molecule has 0 aliphatic carbocycles. The molecule has 0 radical (unpaired) electrons. The third-order valence-corrected chi connectivity index (χ3v) is 3.16. The van der Waals surface area contributed by atoms with Gasteiger partial charge in [0.1, 0.15) is 0 Å². The highest BCUT2D eigenvalue weighted by Crippen LogP contribution is 2.09. The first-order chi connectivity index (χ1) is 8.59. The Kier molecular flexibility index (Phi) is 6.99. The summed E-state index contributed by atoms with van der Waals surface area (Å²) in [5.41, 5.74) is 4.07. The monoisotopic (exact) mass is 249 g/mol. The first-order valence-electron chi connectivity index (χ1n) is 6.94. The fourth-order valence-corrected chi connectivity index (χ4v) is 1.71. The zero-order valence-corrected chi connectivity index (χ0v) is 12.3. The normalized spacial score (nSPS) is 11.2. The van der Waals surface area contributed by atoms with E-state index in [-0.39, 0.29) is 0 Å². The van der Waals surface area contributed by atoms with E-state index in [4.69, 9.17) is 4.74 Å². The van der Waals surface area contributed by atoms with Crippen LogP contribution in [-0.4, -0.2) is 19.8 Å². The molecule has 1 aromatic rings. The first-order valence-corrected chi connectivity index (χ1v) is 6.94. The molecule has 0 saturated carbocycles. The highest BCUT2D eigenvalue weighted by Gasteiger charge is 1.97. The van der Waals surface area contributed by atoms with Crippen molar-refractivity contribution in [2.45, 2.75) is 40.7 Å². The first kappa shape index (κ1) is 15.2. The molecule has 0 fully saturated rings. The second-order valence-corrected chi connectivity index (χ2v) is 5.39. The average Bonchev–Trinajstić information content (AvgIpc) is 2.32. The molecule has 2 nitrogen and oxygen atoms in total. The van der Waals surface area contributed by atoms with E-state index < -0.39 is 0 Å². The third kappa shape index (κ3) is 6.18. The van der Waals surface area contributed by atoms with Crippen LogP contribution in [0.4, 0.5) is 0 Å². The molecule has 18 heavy (non-hydrogen) atoms. The lowest BCUT2D eigenvalue weighted by atomic mass is 10.1. The van der Waals surface area contributed by atoms with Crippen molar-refractivity contribution >= 4 is 0 Å². The Bertz CT molecular complexity index is 347. The third-order valence-electron chi connectivity index (χ3n) is 3.16. The van der Waals surface area contributed by atoms with Crippen molar-refractivity contribution in [2.24, 2.45) is 5.92 Å². The summed E-state index contributed by atoms with van der Waals surface area (Å²) in [6.45, 7) is 12.3. The van der Waals surface area contributed by atoms with Gasteiger partial charge in [-0.15, -0.1) is 0 Å². The van der Waals surface area contributed by atoms with Gasteiger partial charge in [0.05, 0.1) is 6.61 Å². The summed E-state index contributed by atoms with van der Waals surface area (Å²) < 4.78 is 5.56. The molecular weight excluding hydrogens is 222 g/mol. The molecule has 1 rings (SSSR count). The molecule has 2 heteroatoms. The molecule has 0 heterocycles. The van der Waals surface area contributed by atoms with E-state index in [0.717, 1.165) is 38.6 Å². The van der Waals surface area contributed by atoms with Crippen molar-refractivity contribution in [3.63, 3.8) is 0 Å². The van der Waals surface area contributed by atoms with Gasteiger partial charge in [-0.05, 0) is 42.9 Å². The minimum Gasteiger partial charge on any atom is -0.380 e. The lowest BCUT2D eigenvalue weighted by Crippen LogP contribution is -2.19. The Labute approximate surface area is 112 Å². The van der Waals surface area contributed by atoms with Gasteiger partial charge in [-0.2, -0.15) is 0 Å². The molecule has 0 unspecified atom stereocenters. The van der Waals surface area contributed by atoms with Crippen LogP contribution in [-0.2, 0) is 11.3 Å². The van der Waals surface area contributed by atoms with Crippen molar-refractivity contribution in [1.82, 2.24) is 5.32 Å². The molecule has 1 aromatic carbocycles. The lowest BCUT2D eigenvalue weighted by Gasteiger charge is -2.09. The Hall–Kier alpha value is -0.860. The highest BCUT2D eigenvalue weighted by molar-refractivity contribution is 5.29. The van der Waals surface area contributed by atoms with Crippen LogP contribution in [0.25, 0.3) is 0 Å². The van der Waals surface area contributed by atoms with Crippen molar-refractivity contribution in [2.75, 3.05) is 19.8 Å². The van der Waals surface area contributed by atoms with Crippen LogP contribution in [0.5, 0.6) is 0 Å². The molecule has 1 N–H and O–H groups in total. The summed E-state index contributed by atoms with van der Waals surface area (Å²) in [6, 6.07) is 6.63. The van der Waals surface area contributed by atoms with E-state index in [2.05, 4.69) is 51.2 Å². The highest BCUT2D eigenvalue weighted by atomic mass is 16.5. The van der Waals surface area contributed by atoms with Gasteiger partial charge in [0.15, 0.2) is 0 Å². The molecular formula is C16H27NO. The SMILES string of the molecule is Cc1ccc(CNCCOCCC(C)C)cc1C. The summed E-state index contributed by atoms with van der Waals surface area (Å²) in [5.74, 6) is 0.730. The zero-order chi connectivity index (χ0) is 13.4. The second kappa shape index (κ2) is 8.28. The maximum atomic E-state index is 5.56. The predicted molar refractivity (Wildman–Crippen MR) is 77.9 cm³/mol. The molecule has 0 bridgehead atoms. The van der Waals surface area contributed by atoms with Crippen molar-refractivity contribution in [3.05, 3.63) is 34.9 Å². The summed E-state index contributed by atoms with van der Waals surface area (Å²) >= 11 is 0. The van der Waals surface area contributed by atoms with Crippen LogP contribution in [0.3, 0.4) is 0 Å². The minimum atomic E-state index is 0.730. The lowest BCUT2D eigenvalue weighted by molar-refractivity contribution is 0.125. The smallest absolute Gasteiger partial charge is 0.0591 e. The number of hydrogen-bond acceptors (Lipinski definition) is 2. The van der Waals surface area contributed by atoms with Gasteiger partial charge in [-0.25, -0.2) is 0 Å². The van der Waals surface area contributed by atoms with Gasteiger partial charge in [0.2, 0.25) is 0 Å². The van der Waals surface area contributed by atoms with Gasteiger partial charge < -0.3 is 10.1 Å². The van der Waals surface area contributed by atoms with Crippen molar-refractivity contribution in [1.29, 1.82) is 0 Å². The van der Waals surface area contributed by atoms with Crippen molar-refractivity contribution in [3.8, 4) is 0 Å². The molecule has 0 aliphatic heterocycles. The standard InChI is InChI=1S/C16H27NO/c1-13(2)7-9-18-10-8-17-12-16-6-5-14(3)15(4)11-16/h5-6,11,13,17H,7-10,12H2,1-4H3. The maximum absolute atomic E-state index is 5.56. The predicted octanol–water partition coefficient (Wildman–Crippen LogP) is 3.46. The summed E-state index contributed by atoms with van der Waals surface area (Å²) in [5, 5.41) is 3.41. The molecule has 0 aliphatic rings. The van der Waals surface area contributed by atoms with Gasteiger partial charge in [0, 0.05) is 19.7 Å². The van der Waals surface area contributed by atoms with Crippen LogP contribution in [0.15, 0.2) is 18.2 Å². The topological polar surface area (TPSA) is 21.3 Å². The molecule has 0 aromatic heterocycles. The quantitative estimate of drug-likeness (QED) is 0.712. The van der Waals surface area contributed by atoms with Gasteiger partial charge in [0.25, 0.3) is 0 Å². The summed E-state index contributed by atoms with van der Waals surface area (Å²) in [6.07, 6.45) is 1.15. The number of rotatable bonds is 8. The number of ether oxygens (including phenoxy) is 1. The Morgan fingerprint density at radius 1 is 1.11 bits per heavy atom. The second-order valence-electron chi connectivity index (χ2n) is 5.39. The van der Waals surface area contributed by atoms with Crippen LogP contribution >= 0.6 is 0 Å². The van der Waals surface area contributed by atoms with E-state index in [9.17, 15) is 0 Å². The fourth-order valence-electron chi connectivity index (χ4n) is 1.71. The largest absolute Gasteiger partial charge is 0.380 e. The van der Waals surface area contributed by atoms with Crippen LogP contribution in [0.2, 0.25) is 0 Å². The molecule has 0 amide bonds. The Morgan fingerprint density at radius 2 is 1.89 bits per heavy atom. The van der Waals surface area contributed by atoms with Gasteiger partial charge in [-0.3, -0.25) is 0 Å². The minimum absolute atomic E-state index is 0.730. The maximum Gasteiger partial charge on any atom is 0.0591 e. The Balaban J connectivity index is 2.09. The van der Waals surface area contributed by atoms with E-state index >= 15 is 0 Å². The van der Waals surface area contributed by atoms with E-state index in [0.29, 0.717) is 0 Å². The fraction of sp³-hybridized carbons (Fsp3) is 0.625. The van der Waals surface area contributed by atoms with Crippen LogP contribution in [0.1, 0.15) is 37.0 Å². The number of hydrogen-bond donors (Lipinski definition) is 1. The molecule has 102 valence electrons. The van der Waals surface area contributed by atoms with Crippen molar-refractivity contribution < 1.29 is 4.74 Å². The van der Waals surface area contributed by atoms with E-state index in [1.807, 2.05) is 0 Å². The summed E-state index contributed by atoms with van der Waals surface area (Å²) in [7, 11) is 0. The van der Waals surface area contributed by atoms with E-state index in [1.165, 1.54) is 16.7 Å². The van der Waals surface area contributed by atoms with Crippen LogP contribution in [0, 0.1) is 19.8 Å². The molecule has 0 saturated heterocycles. The summed E-state index contributed by atoms with van der Waals surface area (Å²) in [4.78, 5) is 0. The Morgan fingerprint density at radius 3 is 2.56 bits per heavy atom. The molecule has 0 spiro atoms. The van der Waals surface area contributed by atoms with E-state index in [1.54, 1.807) is 0 Å². The zero-order valence-electron chi connectivity index (χ0n) is 12.3.